The van der Waals surface area contributed by atoms with Gasteiger partial charge < -0.3 is 4.42 Å². The van der Waals surface area contributed by atoms with Gasteiger partial charge in [0.2, 0.25) is 0 Å². The molecule has 0 aliphatic rings. The fourth-order valence-corrected chi connectivity index (χ4v) is 5.09. The Bertz CT molecular complexity index is 2110. The van der Waals surface area contributed by atoms with Crippen molar-refractivity contribution in [2.75, 3.05) is 0 Å². The molecule has 0 atom stereocenters. The van der Waals surface area contributed by atoms with Crippen molar-refractivity contribution in [1.82, 2.24) is 9.97 Å². The van der Waals surface area contributed by atoms with Crippen LogP contribution in [0.5, 0.6) is 0 Å². The molecule has 0 bridgehead atoms. The van der Waals surface area contributed by atoms with Crippen molar-refractivity contribution < 1.29 is 4.42 Å². The molecule has 0 radical (unpaired) electrons. The van der Waals surface area contributed by atoms with Gasteiger partial charge in [-0.2, -0.15) is 10.5 Å². The van der Waals surface area contributed by atoms with E-state index in [0.717, 1.165) is 44.3 Å². The van der Waals surface area contributed by atoms with E-state index >= 15 is 0 Å². The third kappa shape index (κ3) is 3.09. The van der Waals surface area contributed by atoms with Crippen LogP contribution in [0.1, 0.15) is 11.1 Å². The minimum atomic E-state index is 0.325. The largest absolute Gasteiger partial charge is 0.455 e. The first-order chi connectivity index (χ1) is 18.3. The summed E-state index contributed by atoms with van der Waals surface area (Å²) >= 11 is 0. The van der Waals surface area contributed by atoms with E-state index in [2.05, 4.69) is 53.5 Å². The van der Waals surface area contributed by atoms with Gasteiger partial charge in [-0.25, -0.2) is 4.98 Å². The summed E-state index contributed by atoms with van der Waals surface area (Å²) in [4.78, 5) is 9.39. The Morgan fingerprint density at radius 3 is 2.11 bits per heavy atom. The number of hydrogen-bond acceptors (Lipinski definition) is 5. The first-order valence-corrected chi connectivity index (χ1v) is 11.8. The molecule has 5 heteroatoms. The lowest BCUT2D eigenvalue weighted by Gasteiger charge is -2.10. The zero-order valence-electron chi connectivity index (χ0n) is 19.4. The fraction of sp³-hybridized carbons (Fsp3) is 0. The summed E-state index contributed by atoms with van der Waals surface area (Å²) < 4.78 is 6.21. The molecule has 0 N–H and O–H groups in total. The number of nitriles is 2. The summed E-state index contributed by atoms with van der Waals surface area (Å²) in [5.74, 6) is 0. The van der Waals surface area contributed by atoms with E-state index in [0.29, 0.717) is 32.9 Å². The summed E-state index contributed by atoms with van der Waals surface area (Å²) in [6.07, 6.45) is 1.68. The highest BCUT2D eigenvalue weighted by Crippen LogP contribution is 2.37. The average Bonchev–Trinajstić information content (AvgIpc) is 3.35. The molecule has 0 fully saturated rings. The Morgan fingerprint density at radius 1 is 0.595 bits per heavy atom. The van der Waals surface area contributed by atoms with Crippen LogP contribution in [0.4, 0.5) is 0 Å². The summed E-state index contributed by atoms with van der Waals surface area (Å²) in [7, 11) is 0. The third-order valence-corrected chi connectivity index (χ3v) is 6.84. The quantitative estimate of drug-likeness (QED) is 0.240. The topological polar surface area (TPSA) is 86.5 Å². The predicted octanol–water partition coefficient (Wildman–Crippen LogP) is 7.76. The number of rotatable bonds is 2. The highest BCUT2D eigenvalue weighted by atomic mass is 16.3. The smallest absolute Gasteiger partial charge is 0.143 e. The first-order valence-electron chi connectivity index (χ1n) is 11.8. The van der Waals surface area contributed by atoms with Gasteiger partial charge in [0.25, 0.3) is 0 Å². The molecule has 37 heavy (non-hydrogen) atoms. The Labute approximate surface area is 211 Å². The normalized spacial score (nSPS) is 11.2. The number of pyridine rings is 2. The van der Waals surface area contributed by atoms with Gasteiger partial charge in [0, 0.05) is 38.9 Å². The Morgan fingerprint density at radius 2 is 1.30 bits per heavy atom. The second kappa shape index (κ2) is 8.02. The summed E-state index contributed by atoms with van der Waals surface area (Å²) in [6.45, 7) is 0. The van der Waals surface area contributed by atoms with Crippen molar-refractivity contribution in [1.29, 1.82) is 10.5 Å². The first kappa shape index (κ1) is 20.8. The summed E-state index contributed by atoms with van der Waals surface area (Å²) in [5, 5.41) is 23.0. The maximum absolute atomic E-state index is 9.80. The van der Waals surface area contributed by atoms with Gasteiger partial charge in [-0.1, -0.05) is 60.7 Å². The van der Waals surface area contributed by atoms with Crippen LogP contribution in [0, 0.1) is 22.7 Å². The zero-order valence-corrected chi connectivity index (χ0v) is 19.4. The molecule has 0 amide bonds. The van der Waals surface area contributed by atoms with Crippen molar-refractivity contribution >= 4 is 43.7 Å². The predicted molar refractivity (Wildman–Crippen MR) is 145 cm³/mol. The van der Waals surface area contributed by atoms with E-state index < -0.39 is 0 Å². The van der Waals surface area contributed by atoms with E-state index in [1.54, 1.807) is 12.3 Å². The van der Waals surface area contributed by atoms with E-state index in [1.807, 2.05) is 48.5 Å². The van der Waals surface area contributed by atoms with Crippen molar-refractivity contribution in [3.8, 4) is 34.5 Å². The van der Waals surface area contributed by atoms with Crippen LogP contribution in [0.2, 0.25) is 0 Å². The molecule has 0 spiro atoms. The molecule has 0 saturated carbocycles. The zero-order chi connectivity index (χ0) is 24.9. The lowest BCUT2D eigenvalue weighted by Crippen LogP contribution is -1.95. The molecule has 3 aromatic heterocycles. The van der Waals surface area contributed by atoms with Crippen LogP contribution in [0.25, 0.3) is 66.1 Å². The number of hydrogen-bond donors (Lipinski definition) is 0. The van der Waals surface area contributed by atoms with E-state index in [1.165, 1.54) is 0 Å². The number of fused-ring (bicyclic) bond motifs is 6. The van der Waals surface area contributed by atoms with Gasteiger partial charge in [0.1, 0.15) is 23.3 Å². The van der Waals surface area contributed by atoms with Crippen molar-refractivity contribution in [3.63, 3.8) is 0 Å². The summed E-state index contributed by atoms with van der Waals surface area (Å²) in [6, 6.07) is 34.2. The highest BCUT2D eigenvalue weighted by Gasteiger charge is 2.17. The third-order valence-electron chi connectivity index (χ3n) is 6.84. The second-order valence-electron chi connectivity index (χ2n) is 8.82. The molecule has 0 aliphatic heterocycles. The lowest BCUT2D eigenvalue weighted by atomic mass is 9.97. The summed E-state index contributed by atoms with van der Waals surface area (Å²) in [5.41, 5.74) is 7.41. The minimum Gasteiger partial charge on any atom is -0.455 e. The molecule has 3 heterocycles. The monoisotopic (exact) mass is 472 g/mol. The lowest BCUT2D eigenvalue weighted by molar-refractivity contribution is 0.670. The number of benzene rings is 4. The van der Waals surface area contributed by atoms with Gasteiger partial charge in [0.15, 0.2) is 0 Å². The van der Waals surface area contributed by atoms with E-state index in [-0.39, 0.29) is 0 Å². The van der Waals surface area contributed by atoms with Gasteiger partial charge in [-0.05, 0) is 35.9 Å². The van der Waals surface area contributed by atoms with Gasteiger partial charge >= 0.3 is 0 Å². The highest BCUT2D eigenvalue weighted by molar-refractivity contribution is 6.10. The standard InChI is InChI=1S/C32H16N4O/c33-17-26-23-8-4-16-35-30(23)31-24(27(26)18-34)14-15-28(36-31)20-12-10-19(11-13-20)21-6-3-7-25-22-5-1-2-9-29(22)37-32(21)25/h1-16H. The average molecular weight is 473 g/mol. The Kier molecular flexibility index (Phi) is 4.51. The number of nitrogens with zero attached hydrogens (tertiary/aromatic N) is 4. The maximum atomic E-state index is 9.80. The fourth-order valence-electron chi connectivity index (χ4n) is 5.09. The second-order valence-corrected chi connectivity index (χ2v) is 8.82. The van der Waals surface area contributed by atoms with Crippen LogP contribution >= 0.6 is 0 Å². The Balaban J connectivity index is 1.37. The molecule has 0 saturated heterocycles. The van der Waals surface area contributed by atoms with Gasteiger partial charge in [0.05, 0.1) is 27.9 Å². The molecular weight excluding hydrogens is 456 g/mol. The number of para-hydroxylation sites is 2. The van der Waals surface area contributed by atoms with Gasteiger partial charge in [-0.15, -0.1) is 0 Å². The molecule has 7 rings (SSSR count). The molecule has 4 aromatic carbocycles. The SMILES string of the molecule is N#Cc1c(C#N)c2ccc(-c3ccc(-c4cccc5c4oc4ccccc45)cc3)nc2c2ncccc12. The molecule has 170 valence electrons. The number of aromatic nitrogens is 2. The van der Waals surface area contributed by atoms with Crippen LogP contribution in [-0.2, 0) is 0 Å². The van der Waals surface area contributed by atoms with E-state index in [9.17, 15) is 10.5 Å². The minimum absolute atomic E-state index is 0.325. The van der Waals surface area contributed by atoms with Crippen LogP contribution < -0.4 is 0 Å². The van der Waals surface area contributed by atoms with Gasteiger partial charge in [-0.3, -0.25) is 4.98 Å². The van der Waals surface area contributed by atoms with Crippen LogP contribution in [0.3, 0.4) is 0 Å². The van der Waals surface area contributed by atoms with E-state index in [4.69, 9.17) is 9.40 Å². The molecule has 5 nitrogen and oxygen atoms in total. The van der Waals surface area contributed by atoms with Crippen LogP contribution in [-0.4, -0.2) is 9.97 Å². The maximum Gasteiger partial charge on any atom is 0.143 e. The Hall–Kier alpha value is -5.52. The van der Waals surface area contributed by atoms with Crippen molar-refractivity contribution in [3.05, 3.63) is 108 Å². The van der Waals surface area contributed by atoms with Crippen molar-refractivity contribution in [2.24, 2.45) is 0 Å². The molecule has 7 aromatic rings. The number of furan rings is 1. The van der Waals surface area contributed by atoms with Crippen LogP contribution in [0.15, 0.2) is 102 Å². The molecular formula is C32H16N4O. The van der Waals surface area contributed by atoms with Crippen molar-refractivity contribution in [2.45, 2.75) is 0 Å². The molecule has 0 unspecified atom stereocenters. The molecule has 0 aliphatic carbocycles.